The highest BCUT2D eigenvalue weighted by molar-refractivity contribution is 5.55. The van der Waals surface area contributed by atoms with Crippen LogP contribution in [-0.4, -0.2) is 9.97 Å². The topological polar surface area (TPSA) is 51.0 Å². The van der Waals surface area contributed by atoms with Crippen LogP contribution in [0.15, 0.2) is 59.3 Å². The Bertz CT molecular complexity index is 704. The average Bonchev–Trinajstić information content (AvgIpc) is 2.96. The van der Waals surface area contributed by atoms with Crippen LogP contribution < -0.4 is 5.32 Å². The molecule has 0 amide bonds. The first-order valence-electron chi connectivity index (χ1n) is 6.93. The largest absolute Gasteiger partial charge is 0.464 e. The number of nitrogens with one attached hydrogen (secondary N) is 1. The van der Waals surface area contributed by atoms with E-state index in [9.17, 15) is 0 Å². The molecule has 2 aromatic heterocycles. The summed E-state index contributed by atoms with van der Waals surface area (Å²) in [5, 5.41) is 3.33. The predicted octanol–water partition coefficient (Wildman–Crippen LogP) is 4.22. The quantitative estimate of drug-likeness (QED) is 0.777. The zero-order valence-electron chi connectivity index (χ0n) is 12.1. The lowest BCUT2D eigenvalue weighted by Crippen LogP contribution is -2.06. The highest BCUT2D eigenvalue weighted by Gasteiger charge is 2.10. The van der Waals surface area contributed by atoms with Gasteiger partial charge in [-0.1, -0.05) is 30.3 Å². The summed E-state index contributed by atoms with van der Waals surface area (Å²) in [5.41, 5.74) is 1.88. The van der Waals surface area contributed by atoms with Crippen LogP contribution in [-0.2, 0) is 0 Å². The van der Waals surface area contributed by atoms with Crippen LogP contribution in [0.1, 0.15) is 24.5 Å². The van der Waals surface area contributed by atoms with E-state index in [1.54, 1.807) is 12.4 Å². The summed E-state index contributed by atoms with van der Waals surface area (Å²) < 4.78 is 5.61. The highest BCUT2D eigenvalue weighted by Crippen LogP contribution is 2.21. The van der Waals surface area contributed by atoms with Gasteiger partial charge in [-0.2, -0.15) is 0 Å². The van der Waals surface area contributed by atoms with Crippen LogP contribution in [0.5, 0.6) is 0 Å². The predicted molar refractivity (Wildman–Crippen MR) is 83.0 cm³/mol. The Morgan fingerprint density at radius 2 is 1.71 bits per heavy atom. The standard InChI is InChI=1S/C17H17N3O/c1-12-8-9-16(21-12)13(2)20-15-10-18-17(19-11-15)14-6-4-3-5-7-14/h3-11,13,20H,1-2H3. The molecule has 0 aliphatic carbocycles. The molecule has 1 unspecified atom stereocenters. The number of anilines is 1. The molecule has 4 nitrogen and oxygen atoms in total. The third-order valence-corrected chi connectivity index (χ3v) is 3.25. The Kier molecular flexibility index (Phi) is 3.69. The number of benzene rings is 1. The van der Waals surface area contributed by atoms with Gasteiger partial charge in [0, 0.05) is 5.56 Å². The monoisotopic (exact) mass is 279 g/mol. The molecule has 1 N–H and O–H groups in total. The highest BCUT2D eigenvalue weighted by atomic mass is 16.3. The van der Waals surface area contributed by atoms with E-state index in [0.717, 1.165) is 28.6 Å². The van der Waals surface area contributed by atoms with Crippen molar-refractivity contribution in [2.45, 2.75) is 19.9 Å². The van der Waals surface area contributed by atoms with Gasteiger partial charge in [0.05, 0.1) is 24.1 Å². The van der Waals surface area contributed by atoms with E-state index in [1.807, 2.05) is 56.3 Å². The molecule has 1 atom stereocenters. The van der Waals surface area contributed by atoms with Crippen molar-refractivity contribution >= 4 is 5.69 Å². The zero-order valence-corrected chi connectivity index (χ0v) is 12.1. The molecule has 106 valence electrons. The van der Waals surface area contributed by atoms with Crippen molar-refractivity contribution in [3.05, 3.63) is 66.4 Å². The zero-order chi connectivity index (χ0) is 14.7. The Balaban J connectivity index is 1.73. The van der Waals surface area contributed by atoms with Crippen LogP contribution in [0.4, 0.5) is 5.69 Å². The normalized spacial score (nSPS) is 12.1. The van der Waals surface area contributed by atoms with E-state index in [2.05, 4.69) is 15.3 Å². The van der Waals surface area contributed by atoms with Crippen LogP contribution >= 0.6 is 0 Å². The molecule has 0 radical (unpaired) electrons. The van der Waals surface area contributed by atoms with E-state index in [-0.39, 0.29) is 6.04 Å². The van der Waals surface area contributed by atoms with Gasteiger partial charge in [-0.25, -0.2) is 9.97 Å². The summed E-state index contributed by atoms with van der Waals surface area (Å²) in [6.45, 7) is 3.98. The Morgan fingerprint density at radius 1 is 1.00 bits per heavy atom. The summed E-state index contributed by atoms with van der Waals surface area (Å²) in [6.07, 6.45) is 3.59. The first-order chi connectivity index (χ1) is 10.2. The smallest absolute Gasteiger partial charge is 0.159 e. The summed E-state index contributed by atoms with van der Waals surface area (Å²) in [4.78, 5) is 8.79. The molecule has 0 aliphatic rings. The third-order valence-electron chi connectivity index (χ3n) is 3.25. The van der Waals surface area contributed by atoms with Crippen molar-refractivity contribution in [1.29, 1.82) is 0 Å². The van der Waals surface area contributed by atoms with E-state index < -0.39 is 0 Å². The lowest BCUT2D eigenvalue weighted by molar-refractivity contribution is 0.467. The molecule has 0 saturated heterocycles. The molecule has 4 heteroatoms. The molecule has 0 saturated carbocycles. The van der Waals surface area contributed by atoms with Crippen molar-refractivity contribution < 1.29 is 4.42 Å². The van der Waals surface area contributed by atoms with E-state index in [1.165, 1.54) is 0 Å². The van der Waals surface area contributed by atoms with Gasteiger partial charge in [-0.15, -0.1) is 0 Å². The van der Waals surface area contributed by atoms with E-state index in [0.29, 0.717) is 0 Å². The molecule has 0 spiro atoms. The molecule has 2 heterocycles. The number of aryl methyl sites for hydroxylation is 1. The van der Waals surface area contributed by atoms with Gasteiger partial charge in [0.25, 0.3) is 0 Å². The van der Waals surface area contributed by atoms with Gasteiger partial charge in [0.2, 0.25) is 0 Å². The third kappa shape index (κ3) is 3.11. The number of aromatic nitrogens is 2. The second kappa shape index (κ2) is 5.79. The number of hydrogen-bond acceptors (Lipinski definition) is 4. The van der Waals surface area contributed by atoms with Gasteiger partial charge >= 0.3 is 0 Å². The molecule has 1 aromatic carbocycles. The number of nitrogens with zero attached hydrogens (tertiary/aromatic N) is 2. The Hall–Kier alpha value is -2.62. The lowest BCUT2D eigenvalue weighted by Gasteiger charge is -2.12. The fourth-order valence-electron chi connectivity index (χ4n) is 2.15. The summed E-state index contributed by atoms with van der Waals surface area (Å²) in [6, 6.07) is 13.9. The Morgan fingerprint density at radius 3 is 2.33 bits per heavy atom. The molecular weight excluding hydrogens is 262 g/mol. The molecule has 21 heavy (non-hydrogen) atoms. The van der Waals surface area contributed by atoms with Gasteiger partial charge in [-0.3, -0.25) is 0 Å². The number of hydrogen-bond donors (Lipinski definition) is 1. The number of rotatable bonds is 4. The van der Waals surface area contributed by atoms with E-state index in [4.69, 9.17) is 4.42 Å². The van der Waals surface area contributed by atoms with Crippen molar-refractivity contribution in [2.24, 2.45) is 0 Å². The van der Waals surface area contributed by atoms with Crippen LogP contribution in [0.3, 0.4) is 0 Å². The van der Waals surface area contributed by atoms with Crippen molar-refractivity contribution in [1.82, 2.24) is 9.97 Å². The molecule has 0 fully saturated rings. The molecule has 0 bridgehead atoms. The maximum atomic E-state index is 5.61. The van der Waals surface area contributed by atoms with Gasteiger partial charge < -0.3 is 9.73 Å². The first kappa shape index (κ1) is 13.4. The van der Waals surface area contributed by atoms with Crippen molar-refractivity contribution in [3.63, 3.8) is 0 Å². The van der Waals surface area contributed by atoms with Gasteiger partial charge in [-0.05, 0) is 26.0 Å². The first-order valence-corrected chi connectivity index (χ1v) is 6.93. The summed E-state index contributed by atoms with van der Waals surface area (Å²) in [7, 11) is 0. The van der Waals surface area contributed by atoms with Gasteiger partial charge in [0.15, 0.2) is 5.82 Å². The SMILES string of the molecule is Cc1ccc(C(C)Nc2cnc(-c3ccccc3)nc2)o1. The fourth-order valence-corrected chi connectivity index (χ4v) is 2.15. The minimum absolute atomic E-state index is 0.0740. The average molecular weight is 279 g/mol. The maximum Gasteiger partial charge on any atom is 0.159 e. The Labute approximate surface area is 123 Å². The van der Waals surface area contributed by atoms with E-state index >= 15 is 0 Å². The summed E-state index contributed by atoms with van der Waals surface area (Å²) >= 11 is 0. The molecule has 0 aliphatic heterocycles. The minimum atomic E-state index is 0.0740. The maximum absolute atomic E-state index is 5.61. The molecule has 3 aromatic rings. The second-order valence-electron chi connectivity index (χ2n) is 4.98. The van der Waals surface area contributed by atoms with Crippen molar-refractivity contribution in [2.75, 3.05) is 5.32 Å². The van der Waals surface area contributed by atoms with Crippen LogP contribution in [0.2, 0.25) is 0 Å². The van der Waals surface area contributed by atoms with Crippen LogP contribution in [0.25, 0.3) is 11.4 Å². The summed E-state index contributed by atoms with van der Waals surface area (Å²) in [5.74, 6) is 2.54. The second-order valence-corrected chi connectivity index (χ2v) is 4.98. The fraction of sp³-hybridized carbons (Fsp3) is 0.176. The van der Waals surface area contributed by atoms with Crippen LogP contribution in [0, 0.1) is 6.92 Å². The molecule has 3 rings (SSSR count). The minimum Gasteiger partial charge on any atom is -0.464 e. The van der Waals surface area contributed by atoms with Crippen molar-refractivity contribution in [3.8, 4) is 11.4 Å². The lowest BCUT2D eigenvalue weighted by atomic mass is 10.2. The van der Waals surface area contributed by atoms with Gasteiger partial charge in [0.1, 0.15) is 11.5 Å². The number of furan rings is 1. The molecular formula is C17H17N3O.